The first kappa shape index (κ1) is 14.7. The molecule has 6 heteroatoms. The van der Waals surface area contributed by atoms with Crippen LogP contribution in [0.3, 0.4) is 0 Å². The lowest BCUT2D eigenvalue weighted by Crippen LogP contribution is -2.27. The zero-order chi connectivity index (χ0) is 15.5. The summed E-state index contributed by atoms with van der Waals surface area (Å²) in [6, 6.07) is 6.04. The lowest BCUT2D eigenvalue weighted by atomic mass is 10.1. The van der Waals surface area contributed by atoms with Gasteiger partial charge in [-0.15, -0.1) is 0 Å². The quantitative estimate of drug-likeness (QED) is 0.905. The molecule has 0 spiro atoms. The predicted octanol–water partition coefficient (Wildman–Crippen LogP) is 1.96. The number of hydrogen-bond donors (Lipinski definition) is 2. The largest absolute Gasteiger partial charge is 0.325 e. The lowest BCUT2D eigenvalue weighted by molar-refractivity contribution is -0.116. The molecule has 2 N–H and O–H groups in total. The Hall–Kier alpha value is -2.21. The molecule has 0 saturated carbocycles. The summed E-state index contributed by atoms with van der Waals surface area (Å²) in [4.78, 5) is 16.4. The number of anilines is 1. The molecule has 1 atom stereocenters. The van der Waals surface area contributed by atoms with Crippen LogP contribution in [-0.4, -0.2) is 33.3 Å². The summed E-state index contributed by atoms with van der Waals surface area (Å²) in [7, 11) is 0. The van der Waals surface area contributed by atoms with E-state index in [-0.39, 0.29) is 5.91 Å². The number of hydrogen-bond acceptors (Lipinski definition) is 4. The van der Waals surface area contributed by atoms with Crippen molar-refractivity contribution in [1.29, 1.82) is 0 Å². The monoisotopic (exact) mass is 299 g/mol. The average molecular weight is 299 g/mol. The van der Waals surface area contributed by atoms with Crippen LogP contribution in [0.1, 0.15) is 30.7 Å². The second kappa shape index (κ2) is 6.27. The minimum Gasteiger partial charge on any atom is -0.325 e. The Bertz CT molecular complexity index is 656. The first-order chi connectivity index (χ1) is 10.6. The summed E-state index contributed by atoms with van der Waals surface area (Å²) in [5, 5.41) is 10.6. The van der Waals surface area contributed by atoms with Crippen LogP contribution in [0, 0.1) is 13.8 Å². The molecule has 0 bridgehead atoms. The summed E-state index contributed by atoms with van der Waals surface area (Å²) in [6.45, 7) is 4.96. The van der Waals surface area contributed by atoms with E-state index in [1.165, 1.54) is 0 Å². The van der Waals surface area contributed by atoms with E-state index in [0.29, 0.717) is 18.2 Å². The van der Waals surface area contributed by atoms with Gasteiger partial charge in [0.15, 0.2) is 5.82 Å². The van der Waals surface area contributed by atoms with Crippen LogP contribution in [0.25, 0.3) is 5.82 Å². The second-order valence-corrected chi connectivity index (χ2v) is 5.79. The van der Waals surface area contributed by atoms with Gasteiger partial charge in [0.05, 0.1) is 17.6 Å². The van der Waals surface area contributed by atoms with Gasteiger partial charge >= 0.3 is 0 Å². The van der Waals surface area contributed by atoms with Crippen molar-refractivity contribution in [3.8, 4) is 5.82 Å². The van der Waals surface area contributed by atoms with Gasteiger partial charge in [-0.3, -0.25) is 4.79 Å². The Morgan fingerprint density at radius 1 is 1.45 bits per heavy atom. The van der Waals surface area contributed by atoms with E-state index in [1.807, 2.05) is 32.0 Å². The molecule has 0 aliphatic carbocycles. The van der Waals surface area contributed by atoms with Crippen LogP contribution in [0.2, 0.25) is 0 Å². The molecule has 1 aliphatic heterocycles. The second-order valence-electron chi connectivity index (χ2n) is 5.79. The van der Waals surface area contributed by atoms with Crippen molar-refractivity contribution < 1.29 is 4.79 Å². The molecule has 0 aromatic carbocycles. The normalized spacial score (nSPS) is 17.6. The topological polar surface area (TPSA) is 71.8 Å². The number of amides is 1. The number of pyridine rings is 1. The molecular formula is C16H21N5O. The zero-order valence-corrected chi connectivity index (χ0v) is 13.0. The van der Waals surface area contributed by atoms with Crippen LogP contribution in [-0.2, 0) is 4.79 Å². The number of carbonyl (C=O) groups excluding carboxylic acids is 1. The third-order valence-electron chi connectivity index (χ3n) is 3.85. The first-order valence-electron chi connectivity index (χ1n) is 7.65. The highest BCUT2D eigenvalue weighted by molar-refractivity contribution is 5.90. The van der Waals surface area contributed by atoms with Gasteiger partial charge in [-0.25, -0.2) is 9.67 Å². The molecule has 0 radical (unpaired) electrons. The average Bonchev–Trinajstić information content (AvgIpc) is 3.09. The van der Waals surface area contributed by atoms with Crippen molar-refractivity contribution in [2.24, 2.45) is 0 Å². The third-order valence-corrected chi connectivity index (χ3v) is 3.85. The lowest BCUT2D eigenvalue weighted by Gasteiger charge is -2.10. The van der Waals surface area contributed by atoms with E-state index < -0.39 is 0 Å². The van der Waals surface area contributed by atoms with E-state index in [1.54, 1.807) is 10.9 Å². The molecule has 1 fully saturated rings. The Morgan fingerprint density at radius 2 is 2.32 bits per heavy atom. The predicted molar refractivity (Wildman–Crippen MR) is 85.1 cm³/mol. The molecule has 3 rings (SSSR count). The molecule has 1 unspecified atom stereocenters. The Balaban J connectivity index is 1.64. The maximum Gasteiger partial charge on any atom is 0.225 e. The molecular weight excluding hydrogens is 278 g/mol. The molecule has 116 valence electrons. The number of aryl methyl sites for hydroxylation is 2. The molecule has 1 saturated heterocycles. The molecule has 2 aromatic heterocycles. The van der Waals surface area contributed by atoms with Crippen LogP contribution in [0.15, 0.2) is 24.4 Å². The molecule has 22 heavy (non-hydrogen) atoms. The fourth-order valence-corrected chi connectivity index (χ4v) is 2.81. The van der Waals surface area contributed by atoms with E-state index >= 15 is 0 Å². The summed E-state index contributed by atoms with van der Waals surface area (Å²) in [5.41, 5.74) is 2.71. The maximum absolute atomic E-state index is 12.0. The Labute approximate surface area is 129 Å². The van der Waals surface area contributed by atoms with E-state index in [9.17, 15) is 4.79 Å². The smallest absolute Gasteiger partial charge is 0.225 e. The van der Waals surface area contributed by atoms with Gasteiger partial charge in [0.25, 0.3) is 0 Å². The first-order valence-corrected chi connectivity index (χ1v) is 7.65. The molecule has 6 nitrogen and oxygen atoms in total. The van der Waals surface area contributed by atoms with E-state index in [4.69, 9.17) is 0 Å². The van der Waals surface area contributed by atoms with Gasteiger partial charge in [-0.05, 0) is 51.4 Å². The van der Waals surface area contributed by atoms with Gasteiger partial charge in [-0.1, -0.05) is 0 Å². The highest BCUT2D eigenvalue weighted by Gasteiger charge is 2.17. The maximum atomic E-state index is 12.0. The standard InChI is InChI=1S/C16H21N5O/c1-11-8-12(2)21(20-11)15-6-5-14(10-18-15)19-16(22)9-13-4-3-7-17-13/h5-6,8,10,13,17H,3-4,7,9H2,1-2H3,(H,19,22). The van der Waals surface area contributed by atoms with Crippen molar-refractivity contribution >= 4 is 11.6 Å². The van der Waals surface area contributed by atoms with Crippen LogP contribution in [0.5, 0.6) is 0 Å². The molecule has 1 aliphatic rings. The number of carbonyl (C=O) groups is 1. The van der Waals surface area contributed by atoms with Crippen molar-refractivity contribution in [3.63, 3.8) is 0 Å². The van der Waals surface area contributed by atoms with Crippen molar-refractivity contribution in [2.75, 3.05) is 11.9 Å². The third kappa shape index (κ3) is 3.33. The van der Waals surface area contributed by atoms with Gasteiger partial charge in [0, 0.05) is 18.2 Å². The van der Waals surface area contributed by atoms with Gasteiger partial charge in [-0.2, -0.15) is 5.10 Å². The fourth-order valence-electron chi connectivity index (χ4n) is 2.81. The zero-order valence-electron chi connectivity index (χ0n) is 13.0. The SMILES string of the molecule is Cc1cc(C)n(-c2ccc(NC(=O)CC3CCCN3)cn2)n1. The van der Waals surface area contributed by atoms with E-state index in [2.05, 4.69) is 20.7 Å². The summed E-state index contributed by atoms with van der Waals surface area (Å²) in [6.07, 6.45) is 4.41. The summed E-state index contributed by atoms with van der Waals surface area (Å²) >= 11 is 0. The van der Waals surface area contributed by atoms with Crippen LogP contribution < -0.4 is 10.6 Å². The highest BCUT2D eigenvalue weighted by atomic mass is 16.1. The minimum atomic E-state index is 0.0278. The number of nitrogens with zero attached hydrogens (tertiary/aromatic N) is 3. The minimum absolute atomic E-state index is 0.0278. The fraction of sp³-hybridized carbons (Fsp3) is 0.438. The molecule has 3 heterocycles. The van der Waals surface area contributed by atoms with Crippen molar-refractivity contribution in [3.05, 3.63) is 35.8 Å². The van der Waals surface area contributed by atoms with E-state index in [0.717, 1.165) is 36.6 Å². The number of nitrogens with one attached hydrogen (secondary N) is 2. The number of rotatable bonds is 4. The number of aromatic nitrogens is 3. The molecule has 1 amide bonds. The Morgan fingerprint density at radius 3 is 2.91 bits per heavy atom. The van der Waals surface area contributed by atoms with Crippen LogP contribution >= 0.6 is 0 Å². The van der Waals surface area contributed by atoms with Gasteiger partial charge in [0.2, 0.25) is 5.91 Å². The van der Waals surface area contributed by atoms with Gasteiger partial charge in [0.1, 0.15) is 0 Å². The molecule has 2 aromatic rings. The van der Waals surface area contributed by atoms with Crippen molar-refractivity contribution in [2.45, 2.75) is 39.2 Å². The van der Waals surface area contributed by atoms with Crippen LogP contribution in [0.4, 0.5) is 5.69 Å². The highest BCUT2D eigenvalue weighted by Crippen LogP contribution is 2.14. The van der Waals surface area contributed by atoms with Gasteiger partial charge < -0.3 is 10.6 Å². The Kier molecular flexibility index (Phi) is 4.20. The van der Waals surface area contributed by atoms with Crippen molar-refractivity contribution in [1.82, 2.24) is 20.1 Å². The summed E-state index contributed by atoms with van der Waals surface area (Å²) < 4.78 is 1.80. The summed E-state index contributed by atoms with van der Waals surface area (Å²) in [5.74, 6) is 0.779.